The lowest BCUT2D eigenvalue weighted by Gasteiger charge is -2.05. The number of rotatable bonds is 2. The predicted molar refractivity (Wildman–Crippen MR) is 49.7 cm³/mol. The summed E-state index contributed by atoms with van der Waals surface area (Å²) in [6.45, 7) is 0.170. The Morgan fingerprint density at radius 2 is 2.17 bits per heavy atom. The maximum Gasteiger partial charge on any atom is 0.0684 e. The molecule has 1 N–H and O–H groups in total. The Balaban J connectivity index is 2.24. The second-order valence-corrected chi connectivity index (χ2v) is 3.09. The maximum atomic E-state index is 9.04. The Morgan fingerprint density at radius 3 is 2.83 bits per heavy atom. The summed E-state index contributed by atoms with van der Waals surface area (Å²) >= 11 is 0. The smallest absolute Gasteiger partial charge is 0.0684 e. The van der Waals surface area contributed by atoms with Crippen molar-refractivity contribution in [3.63, 3.8) is 0 Å². The van der Waals surface area contributed by atoms with Gasteiger partial charge in [-0.3, -0.25) is 0 Å². The minimum absolute atomic E-state index is 0.170. The van der Waals surface area contributed by atoms with Gasteiger partial charge in [0.05, 0.1) is 6.61 Å². The summed E-state index contributed by atoms with van der Waals surface area (Å²) in [5.74, 6) is 0. The average molecular weight is 160 g/mol. The van der Waals surface area contributed by atoms with Crippen LogP contribution in [0.5, 0.6) is 0 Å². The van der Waals surface area contributed by atoms with Crippen LogP contribution in [-0.4, -0.2) is 11.7 Å². The first kappa shape index (κ1) is 7.56. The third-order valence-electron chi connectivity index (χ3n) is 2.36. The van der Waals surface area contributed by atoms with Crippen molar-refractivity contribution >= 4 is 0 Å². The number of aliphatic hydroxyl groups excluding tert-OH is 1. The third kappa shape index (κ3) is 1.16. The number of hydrogen-bond acceptors (Lipinski definition) is 1. The molecule has 0 amide bonds. The summed E-state index contributed by atoms with van der Waals surface area (Å²) in [5, 5.41) is 9.04. The van der Waals surface area contributed by atoms with Gasteiger partial charge in [-0.2, -0.15) is 0 Å². The molecule has 0 aromatic heterocycles. The standard InChI is InChI=1S/C11H12O/c12-8-10-6-3-7-11(10)9-4-1-2-5-9/h1-4,6,12H,5,7-8H2. The van der Waals surface area contributed by atoms with Gasteiger partial charge in [-0.15, -0.1) is 0 Å². The summed E-state index contributed by atoms with van der Waals surface area (Å²) < 4.78 is 0. The SMILES string of the molecule is OCC1=C(C2=CC=CC2)CC=C1. The van der Waals surface area contributed by atoms with Crippen LogP contribution in [0.25, 0.3) is 0 Å². The molecule has 0 radical (unpaired) electrons. The van der Waals surface area contributed by atoms with Crippen molar-refractivity contribution in [3.8, 4) is 0 Å². The zero-order valence-electron chi connectivity index (χ0n) is 6.96. The first-order chi connectivity index (χ1) is 5.92. The van der Waals surface area contributed by atoms with Gasteiger partial charge in [-0.05, 0) is 29.6 Å². The molecule has 0 unspecified atom stereocenters. The zero-order chi connectivity index (χ0) is 8.39. The van der Waals surface area contributed by atoms with Gasteiger partial charge < -0.3 is 5.11 Å². The van der Waals surface area contributed by atoms with Gasteiger partial charge in [0.2, 0.25) is 0 Å². The van der Waals surface area contributed by atoms with Crippen molar-refractivity contribution in [1.82, 2.24) is 0 Å². The summed E-state index contributed by atoms with van der Waals surface area (Å²) in [6, 6.07) is 0. The van der Waals surface area contributed by atoms with Gasteiger partial charge in [0.25, 0.3) is 0 Å². The van der Waals surface area contributed by atoms with Crippen molar-refractivity contribution in [2.75, 3.05) is 6.61 Å². The maximum absolute atomic E-state index is 9.04. The molecule has 0 aliphatic heterocycles. The van der Waals surface area contributed by atoms with E-state index in [-0.39, 0.29) is 6.61 Å². The van der Waals surface area contributed by atoms with Crippen LogP contribution in [0.1, 0.15) is 12.8 Å². The largest absolute Gasteiger partial charge is 0.392 e. The first-order valence-electron chi connectivity index (χ1n) is 4.27. The van der Waals surface area contributed by atoms with E-state index in [9.17, 15) is 0 Å². The summed E-state index contributed by atoms with van der Waals surface area (Å²) in [7, 11) is 0. The van der Waals surface area contributed by atoms with E-state index in [1.165, 1.54) is 11.1 Å². The zero-order valence-corrected chi connectivity index (χ0v) is 6.96. The van der Waals surface area contributed by atoms with Gasteiger partial charge >= 0.3 is 0 Å². The van der Waals surface area contributed by atoms with Crippen LogP contribution < -0.4 is 0 Å². The molecule has 0 spiro atoms. The summed E-state index contributed by atoms with van der Waals surface area (Å²) in [5.41, 5.74) is 3.77. The van der Waals surface area contributed by atoms with E-state index < -0.39 is 0 Å². The molecule has 0 heterocycles. The Kier molecular flexibility index (Phi) is 1.96. The lowest BCUT2D eigenvalue weighted by molar-refractivity contribution is 0.334. The highest BCUT2D eigenvalue weighted by Crippen LogP contribution is 2.29. The van der Waals surface area contributed by atoms with Crippen molar-refractivity contribution in [1.29, 1.82) is 0 Å². The van der Waals surface area contributed by atoms with Crippen molar-refractivity contribution in [2.45, 2.75) is 12.8 Å². The van der Waals surface area contributed by atoms with Gasteiger partial charge in [-0.1, -0.05) is 30.4 Å². The summed E-state index contributed by atoms with van der Waals surface area (Å²) in [6.07, 6.45) is 12.5. The molecule has 2 aliphatic rings. The molecule has 1 heteroatoms. The van der Waals surface area contributed by atoms with E-state index in [0.29, 0.717) is 0 Å². The Morgan fingerprint density at radius 1 is 1.25 bits per heavy atom. The van der Waals surface area contributed by atoms with Crippen molar-refractivity contribution in [3.05, 3.63) is 47.1 Å². The normalized spacial score (nSPS) is 20.9. The second-order valence-electron chi connectivity index (χ2n) is 3.09. The molecule has 0 aromatic carbocycles. The predicted octanol–water partition coefficient (Wildman–Crippen LogP) is 2.12. The third-order valence-corrected chi connectivity index (χ3v) is 2.36. The fraction of sp³-hybridized carbons (Fsp3) is 0.273. The van der Waals surface area contributed by atoms with E-state index in [1.807, 2.05) is 6.08 Å². The first-order valence-corrected chi connectivity index (χ1v) is 4.27. The highest BCUT2D eigenvalue weighted by Gasteiger charge is 2.12. The van der Waals surface area contributed by atoms with Crippen LogP contribution in [0.3, 0.4) is 0 Å². The van der Waals surface area contributed by atoms with Gasteiger partial charge in [-0.25, -0.2) is 0 Å². The van der Waals surface area contributed by atoms with Crippen LogP contribution in [0, 0.1) is 0 Å². The summed E-state index contributed by atoms with van der Waals surface area (Å²) in [4.78, 5) is 0. The second kappa shape index (κ2) is 3.11. The lowest BCUT2D eigenvalue weighted by atomic mass is 10.0. The molecule has 0 fully saturated rings. The fourth-order valence-electron chi connectivity index (χ4n) is 1.71. The van der Waals surface area contributed by atoms with Crippen molar-refractivity contribution < 1.29 is 5.11 Å². The molecule has 0 atom stereocenters. The molecular weight excluding hydrogens is 148 g/mol. The molecular formula is C11H12O. The molecule has 0 aromatic rings. The molecule has 0 saturated carbocycles. The van der Waals surface area contributed by atoms with Crippen LogP contribution in [0.15, 0.2) is 47.1 Å². The number of aliphatic hydroxyl groups is 1. The molecule has 1 nitrogen and oxygen atoms in total. The number of hydrogen-bond donors (Lipinski definition) is 1. The Hall–Kier alpha value is -1.08. The fourth-order valence-corrected chi connectivity index (χ4v) is 1.71. The quantitative estimate of drug-likeness (QED) is 0.656. The molecule has 12 heavy (non-hydrogen) atoms. The van der Waals surface area contributed by atoms with Crippen molar-refractivity contribution in [2.24, 2.45) is 0 Å². The van der Waals surface area contributed by atoms with E-state index in [1.54, 1.807) is 0 Å². The van der Waals surface area contributed by atoms with Gasteiger partial charge in [0.15, 0.2) is 0 Å². The Labute approximate surface area is 72.4 Å². The molecule has 2 aliphatic carbocycles. The molecule has 0 saturated heterocycles. The minimum Gasteiger partial charge on any atom is -0.392 e. The highest BCUT2D eigenvalue weighted by atomic mass is 16.3. The van der Waals surface area contributed by atoms with Crippen LogP contribution in [0.4, 0.5) is 0 Å². The number of allylic oxidation sites excluding steroid dienone is 6. The average Bonchev–Trinajstić information content (AvgIpc) is 2.74. The monoisotopic (exact) mass is 160 g/mol. The highest BCUT2D eigenvalue weighted by molar-refractivity contribution is 5.49. The lowest BCUT2D eigenvalue weighted by Crippen LogP contribution is -1.92. The minimum atomic E-state index is 0.170. The van der Waals surface area contributed by atoms with Gasteiger partial charge in [0.1, 0.15) is 0 Å². The van der Waals surface area contributed by atoms with Crippen LogP contribution in [0.2, 0.25) is 0 Å². The van der Waals surface area contributed by atoms with E-state index in [2.05, 4.69) is 24.3 Å². The van der Waals surface area contributed by atoms with Crippen LogP contribution >= 0.6 is 0 Å². The Bertz CT molecular complexity index is 303. The molecule has 2 rings (SSSR count). The van der Waals surface area contributed by atoms with E-state index in [0.717, 1.165) is 18.4 Å². The van der Waals surface area contributed by atoms with E-state index in [4.69, 9.17) is 5.11 Å². The van der Waals surface area contributed by atoms with Crippen LogP contribution in [-0.2, 0) is 0 Å². The van der Waals surface area contributed by atoms with Gasteiger partial charge in [0, 0.05) is 0 Å². The topological polar surface area (TPSA) is 20.2 Å². The van der Waals surface area contributed by atoms with E-state index >= 15 is 0 Å². The molecule has 62 valence electrons. The molecule has 0 bridgehead atoms.